The fraction of sp³-hybridized carbons (Fsp3) is 0.320. The van der Waals surface area contributed by atoms with E-state index in [-0.39, 0.29) is 11.8 Å². The van der Waals surface area contributed by atoms with E-state index in [2.05, 4.69) is 39.2 Å². The first kappa shape index (κ1) is 20.8. The van der Waals surface area contributed by atoms with Gasteiger partial charge in [0.1, 0.15) is 5.75 Å². The zero-order chi connectivity index (χ0) is 21.6. The molecule has 1 aliphatic rings. The molecule has 2 aromatic carbocycles. The molecule has 1 N–H and O–H groups in total. The fourth-order valence-electron chi connectivity index (χ4n) is 3.83. The Morgan fingerprint density at radius 3 is 2.68 bits per heavy atom. The third kappa shape index (κ3) is 5.02. The van der Waals surface area contributed by atoms with E-state index < -0.39 is 0 Å². The molecule has 31 heavy (non-hydrogen) atoms. The highest BCUT2D eigenvalue weighted by atomic mass is 16.5. The van der Waals surface area contributed by atoms with Crippen molar-refractivity contribution in [1.29, 1.82) is 0 Å². The molecule has 1 aliphatic heterocycles. The summed E-state index contributed by atoms with van der Waals surface area (Å²) in [6.45, 7) is 5.52. The highest BCUT2D eigenvalue weighted by Crippen LogP contribution is 2.32. The molecule has 6 nitrogen and oxygen atoms in total. The van der Waals surface area contributed by atoms with Crippen LogP contribution in [0.5, 0.6) is 11.6 Å². The minimum atomic E-state index is -0.118. The molecule has 0 saturated carbocycles. The van der Waals surface area contributed by atoms with Crippen molar-refractivity contribution in [2.45, 2.75) is 33.1 Å². The van der Waals surface area contributed by atoms with Crippen LogP contribution in [0.2, 0.25) is 0 Å². The predicted octanol–water partition coefficient (Wildman–Crippen LogP) is 4.99. The third-order valence-electron chi connectivity index (χ3n) is 5.67. The van der Waals surface area contributed by atoms with Crippen LogP contribution in [0.15, 0.2) is 60.9 Å². The second-order valence-electron chi connectivity index (χ2n) is 7.88. The maximum atomic E-state index is 12.9. The Balaban J connectivity index is 1.47. The van der Waals surface area contributed by atoms with Gasteiger partial charge in [0.05, 0.1) is 5.92 Å². The van der Waals surface area contributed by atoms with Gasteiger partial charge in [0, 0.05) is 31.2 Å². The van der Waals surface area contributed by atoms with E-state index in [0.717, 1.165) is 42.8 Å². The number of nitrogens with one attached hydrogen (secondary N) is 1. The maximum Gasteiger partial charge on any atom is 0.263 e. The van der Waals surface area contributed by atoms with Crippen LogP contribution >= 0.6 is 0 Å². The second kappa shape index (κ2) is 9.60. The molecule has 0 radical (unpaired) electrons. The first-order valence-electron chi connectivity index (χ1n) is 10.8. The lowest BCUT2D eigenvalue weighted by Gasteiger charge is -2.33. The van der Waals surface area contributed by atoms with Gasteiger partial charge < -0.3 is 15.0 Å². The Labute approximate surface area is 183 Å². The molecule has 1 unspecified atom stereocenters. The van der Waals surface area contributed by atoms with Crippen LogP contribution in [0, 0.1) is 12.8 Å². The average molecular weight is 417 g/mol. The minimum Gasteiger partial charge on any atom is -0.436 e. The Morgan fingerprint density at radius 2 is 1.90 bits per heavy atom. The largest absolute Gasteiger partial charge is 0.436 e. The van der Waals surface area contributed by atoms with Crippen molar-refractivity contribution in [1.82, 2.24) is 9.97 Å². The molecule has 6 heteroatoms. The van der Waals surface area contributed by atoms with Crippen LogP contribution in [0.3, 0.4) is 0 Å². The first-order valence-corrected chi connectivity index (χ1v) is 10.8. The molecule has 1 atom stereocenters. The summed E-state index contributed by atoms with van der Waals surface area (Å²) >= 11 is 0. The van der Waals surface area contributed by atoms with Crippen molar-refractivity contribution >= 4 is 17.4 Å². The maximum absolute atomic E-state index is 12.9. The molecule has 1 saturated heterocycles. The van der Waals surface area contributed by atoms with Crippen molar-refractivity contribution in [3.05, 3.63) is 72.1 Å². The van der Waals surface area contributed by atoms with Crippen molar-refractivity contribution in [3.8, 4) is 11.6 Å². The number of aryl methyl sites for hydroxylation is 2. The summed E-state index contributed by atoms with van der Waals surface area (Å²) in [6.07, 6.45) is 6.04. The number of aromatic nitrogens is 2. The molecular weight excluding hydrogens is 388 g/mol. The average Bonchev–Trinajstić information content (AvgIpc) is 2.81. The number of benzene rings is 2. The highest BCUT2D eigenvalue weighted by molar-refractivity contribution is 5.93. The van der Waals surface area contributed by atoms with E-state index in [1.807, 2.05) is 43.3 Å². The number of ether oxygens (including phenoxy) is 1. The van der Waals surface area contributed by atoms with E-state index >= 15 is 0 Å². The standard InChI is InChI=1S/C25H28N4O2/c1-3-19-10-12-21(13-11-19)28-24(30)20-8-6-16-29(17-20)23-25(27-15-14-26-23)31-22-9-5-4-7-18(22)2/h4-5,7,9-15,20H,3,6,8,16-17H2,1-2H3,(H,28,30). The number of anilines is 2. The van der Waals surface area contributed by atoms with E-state index in [1.165, 1.54) is 5.56 Å². The monoisotopic (exact) mass is 416 g/mol. The smallest absolute Gasteiger partial charge is 0.263 e. The molecule has 0 bridgehead atoms. The van der Waals surface area contributed by atoms with Crippen LogP contribution in [-0.2, 0) is 11.2 Å². The lowest BCUT2D eigenvalue weighted by Crippen LogP contribution is -2.41. The van der Waals surface area contributed by atoms with E-state index in [1.54, 1.807) is 12.4 Å². The topological polar surface area (TPSA) is 67.4 Å². The van der Waals surface area contributed by atoms with Crippen LogP contribution in [0.25, 0.3) is 0 Å². The summed E-state index contributed by atoms with van der Waals surface area (Å²) in [5.41, 5.74) is 3.12. The number of hydrogen-bond donors (Lipinski definition) is 1. The quantitative estimate of drug-likeness (QED) is 0.613. The summed E-state index contributed by atoms with van der Waals surface area (Å²) in [6, 6.07) is 15.9. The summed E-state index contributed by atoms with van der Waals surface area (Å²) < 4.78 is 6.09. The SMILES string of the molecule is CCc1ccc(NC(=O)C2CCCN(c3nccnc3Oc3ccccc3C)C2)cc1. The number of piperidine rings is 1. The lowest BCUT2D eigenvalue weighted by atomic mass is 9.97. The van der Waals surface area contributed by atoms with Gasteiger partial charge in [0.25, 0.3) is 5.88 Å². The summed E-state index contributed by atoms with van der Waals surface area (Å²) in [5, 5.41) is 3.06. The van der Waals surface area contributed by atoms with E-state index in [4.69, 9.17) is 4.74 Å². The van der Waals surface area contributed by atoms with Gasteiger partial charge in [-0.15, -0.1) is 0 Å². The number of hydrogen-bond acceptors (Lipinski definition) is 5. The lowest BCUT2D eigenvalue weighted by molar-refractivity contribution is -0.120. The van der Waals surface area contributed by atoms with Gasteiger partial charge in [0.2, 0.25) is 5.91 Å². The minimum absolute atomic E-state index is 0.0409. The molecule has 4 rings (SSSR count). The van der Waals surface area contributed by atoms with Gasteiger partial charge in [-0.2, -0.15) is 0 Å². The fourth-order valence-corrected chi connectivity index (χ4v) is 3.83. The van der Waals surface area contributed by atoms with Crippen LogP contribution in [0.1, 0.15) is 30.9 Å². The van der Waals surface area contributed by atoms with E-state index in [9.17, 15) is 4.79 Å². The molecule has 1 fully saturated rings. The Hall–Kier alpha value is -3.41. The van der Waals surface area contributed by atoms with Crippen molar-refractivity contribution in [3.63, 3.8) is 0 Å². The predicted molar refractivity (Wildman–Crippen MR) is 123 cm³/mol. The highest BCUT2D eigenvalue weighted by Gasteiger charge is 2.28. The number of nitrogens with zero attached hydrogens (tertiary/aromatic N) is 3. The molecular formula is C25H28N4O2. The zero-order valence-electron chi connectivity index (χ0n) is 18.0. The molecule has 2 heterocycles. The third-order valence-corrected chi connectivity index (χ3v) is 5.67. The van der Waals surface area contributed by atoms with Crippen molar-refractivity contribution in [2.75, 3.05) is 23.3 Å². The van der Waals surface area contributed by atoms with Crippen LogP contribution in [-0.4, -0.2) is 29.0 Å². The van der Waals surface area contributed by atoms with Crippen LogP contribution in [0.4, 0.5) is 11.5 Å². The molecule has 0 spiro atoms. The van der Waals surface area contributed by atoms with E-state index in [0.29, 0.717) is 18.2 Å². The molecule has 1 aromatic heterocycles. The number of rotatable bonds is 6. The second-order valence-corrected chi connectivity index (χ2v) is 7.88. The number of para-hydroxylation sites is 1. The van der Waals surface area contributed by atoms with Crippen molar-refractivity contribution < 1.29 is 9.53 Å². The molecule has 3 aromatic rings. The van der Waals surface area contributed by atoms with Crippen molar-refractivity contribution in [2.24, 2.45) is 5.92 Å². The summed E-state index contributed by atoms with van der Waals surface area (Å²) in [7, 11) is 0. The number of amides is 1. The number of carbonyl (C=O) groups excluding carboxylic acids is 1. The van der Waals surface area contributed by atoms with Gasteiger partial charge in [-0.3, -0.25) is 4.79 Å². The normalized spacial score (nSPS) is 16.1. The van der Waals surface area contributed by atoms with Gasteiger partial charge in [-0.05, 0) is 55.5 Å². The van der Waals surface area contributed by atoms with Gasteiger partial charge in [-0.25, -0.2) is 9.97 Å². The van der Waals surface area contributed by atoms with Gasteiger partial charge in [-0.1, -0.05) is 37.3 Å². The Morgan fingerprint density at radius 1 is 1.13 bits per heavy atom. The van der Waals surface area contributed by atoms with Gasteiger partial charge in [0.15, 0.2) is 5.82 Å². The molecule has 0 aliphatic carbocycles. The zero-order valence-corrected chi connectivity index (χ0v) is 18.0. The Bertz CT molecular complexity index is 1040. The number of carbonyl (C=O) groups is 1. The summed E-state index contributed by atoms with van der Waals surface area (Å²) in [5.74, 6) is 1.82. The molecule has 160 valence electrons. The summed E-state index contributed by atoms with van der Waals surface area (Å²) in [4.78, 5) is 24.0. The first-order chi connectivity index (χ1) is 15.1. The Kier molecular flexibility index (Phi) is 6.46. The molecule has 1 amide bonds. The van der Waals surface area contributed by atoms with Crippen LogP contribution < -0.4 is 15.0 Å². The van der Waals surface area contributed by atoms with Gasteiger partial charge >= 0.3 is 0 Å².